The third-order valence-electron chi connectivity index (χ3n) is 4.70. The Morgan fingerprint density at radius 2 is 1.23 bits per heavy atom. The zero-order valence-corrected chi connectivity index (χ0v) is 18.9. The van der Waals surface area contributed by atoms with Crippen LogP contribution in [0.2, 0.25) is 0 Å². The molecular weight excluding hydrogens is 327 g/mol. The van der Waals surface area contributed by atoms with E-state index in [0.717, 1.165) is 17.9 Å². The van der Waals surface area contributed by atoms with Gasteiger partial charge in [-0.1, -0.05) is 95.0 Å². The quantitative estimate of drug-likeness (QED) is 0.357. The molecule has 0 heterocycles. The Kier molecular flexibility index (Phi) is 13.7. The molecule has 0 spiro atoms. The molecule has 0 aliphatic heterocycles. The molecule has 0 fully saturated rings. The van der Waals surface area contributed by atoms with Crippen molar-refractivity contribution in [2.45, 2.75) is 77.6 Å². The summed E-state index contributed by atoms with van der Waals surface area (Å²) >= 11 is 0. The molecule has 0 amide bonds. The molecule has 0 aromatic heterocycles. The van der Waals surface area contributed by atoms with Gasteiger partial charge in [0.25, 0.3) is 0 Å². The van der Waals surface area contributed by atoms with Gasteiger partial charge in [-0.3, -0.25) is 0 Å². The first-order chi connectivity index (χ1) is 12.4. The number of hydrogen-bond acceptors (Lipinski definition) is 1. The van der Waals surface area contributed by atoms with E-state index >= 15 is 0 Å². The predicted octanol–water partition coefficient (Wildman–Crippen LogP) is 5.06. The zero-order valence-electron chi connectivity index (χ0n) is 17.9. The number of benzene rings is 2. The first-order valence-electron chi connectivity index (χ1n) is 10.2. The van der Waals surface area contributed by atoms with Crippen LogP contribution in [0.1, 0.15) is 78.1 Å². The van der Waals surface area contributed by atoms with E-state index in [-0.39, 0.29) is 31.0 Å². The molecule has 0 radical (unpaired) electrons. The van der Waals surface area contributed by atoms with E-state index in [1.807, 2.05) is 36.4 Å². The summed E-state index contributed by atoms with van der Waals surface area (Å²) in [6.45, 7) is 2.28. The zero-order chi connectivity index (χ0) is 17.6. The summed E-state index contributed by atoms with van der Waals surface area (Å²) in [5.41, 5.74) is 1.38. The second-order valence-corrected chi connectivity index (χ2v) is 6.99. The molecule has 138 valence electrons. The van der Waals surface area contributed by atoms with Gasteiger partial charge < -0.3 is 6.16 Å². The molecule has 26 heavy (non-hydrogen) atoms. The van der Waals surface area contributed by atoms with Crippen molar-refractivity contribution in [1.82, 2.24) is 0 Å². The molecule has 2 heteroatoms. The molecule has 0 N–H and O–H groups in total. The van der Waals surface area contributed by atoms with Gasteiger partial charge in [0.2, 0.25) is 0 Å². The van der Waals surface area contributed by atoms with Gasteiger partial charge in [0.15, 0.2) is 0 Å². The maximum absolute atomic E-state index is 5.92. The van der Waals surface area contributed by atoms with Crippen LogP contribution in [0.3, 0.4) is 0 Å². The van der Waals surface area contributed by atoms with Gasteiger partial charge in [0, 0.05) is 0 Å². The molecule has 0 aliphatic carbocycles. The molecule has 2 aromatic rings. The number of unbranched alkanes of at least 4 members (excludes halogenated alkanes) is 9. The predicted molar refractivity (Wildman–Crippen MR) is 110 cm³/mol. The van der Waals surface area contributed by atoms with Crippen LogP contribution >= 0.6 is 0 Å². The van der Waals surface area contributed by atoms with Crippen LogP contribution in [-0.4, -0.2) is 0 Å². The fourth-order valence-corrected chi connectivity index (χ4v) is 3.21. The summed E-state index contributed by atoms with van der Waals surface area (Å²) in [4.78, 5) is 0. The van der Waals surface area contributed by atoms with E-state index in [4.69, 9.17) is 4.74 Å². The molecule has 1 nitrogen and oxygen atoms in total. The molecule has 0 bridgehead atoms. The van der Waals surface area contributed by atoms with Crippen molar-refractivity contribution in [2.24, 2.45) is 0 Å². The van der Waals surface area contributed by atoms with Crippen LogP contribution in [-0.2, 0) is 6.42 Å². The summed E-state index contributed by atoms with van der Waals surface area (Å²) in [6.07, 6.45) is 15.0. The first-order valence-corrected chi connectivity index (χ1v) is 10.2. The smallest absolute Gasteiger partial charge is 1.00 e. The van der Waals surface area contributed by atoms with E-state index in [1.165, 1.54) is 69.8 Å². The van der Waals surface area contributed by atoms with Gasteiger partial charge in [-0.2, -0.15) is 0 Å². The summed E-state index contributed by atoms with van der Waals surface area (Å²) < 4.78 is 5.92. The van der Waals surface area contributed by atoms with Crippen molar-refractivity contribution in [3.05, 3.63) is 60.2 Å². The maximum atomic E-state index is 5.92. The summed E-state index contributed by atoms with van der Waals surface area (Å²) in [6, 6.07) is 18.5. The average Bonchev–Trinajstić information content (AvgIpc) is 2.64. The SMILES string of the molecule is CCCCCCCCCCCCc1cccc(Oc2ccccc2)c1.[H-].[Na+]. The summed E-state index contributed by atoms with van der Waals surface area (Å²) in [5, 5.41) is 0. The van der Waals surface area contributed by atoms with Crippen molar-refractivity contribution >= 4 is 0 Å². The van der Waals surface area contributed by atoms with Gasteiger partial charge in [-0.25, -0.2) is 0 Å². The van der Waals surface area contributed by atoms with Gasteiger partial charge in [0.05, 0.1) is 0 Å². The van der Waals surface area contributed by atoms with E-state index in [1.54, 1.807) is 0 Å². The number of rotatable bonds is 13. The normalized spacial score (nSPS) is 10.3. The van der Waals surface area contributed by atoms with Gasteiger partial charge in [-0.15, -0.1) is 0 Å². The van der Waals surface area contributed by atoms with Crippen molar-refractivity contribution in [2.75, 3.05) is 0 Å². The number of para-hydroxylation sites is 1. The monoisotopic (exact) mass is 362 g/mol. The molecule has 0 aliphatic rings. The second-order valence-electron chi connectivity index (χ2n) is 6.99. The fourth-order valence-electron chi connectivity index (χ4n) is 3.21. The van der Waals surface area contributed by atoms with Crippen molar-refractivity contribution < 1.29 is 35.7 Å². The van der Waals surface area contributed by atoms with Gasteiger partial charge in [0.1, 0.15) is 11.5 Å². The van der Waals surface area contributed by atoms with E-state index in [2.05, 4.69) is 25.1 Å². The number of aryl methyl sites for hydroxylation is 1. The Bertz CT molecular complexity index is 574. The van der Waals surface area contributed by atoms with Crippen LogP contribution in [0.4, 0.5) is 0 Å². The maximum Gasteiger partial charge on any atom is 1.00 e. The Labute approximate surface area is 184 Å². The summed E-state index contributed by atoms with van der Waals surface area (Å²) in [7, 11) is 0. The molecule has 2 aromatic carbocycles. The Morgan fingerprint density at radius 1 is 0.654 bits per heavy atom. The number of ether oxygens (including phenoxy) is 1. The molecule has 0 saturated carbocycles. The molecular formula is C24H35NaO. The van der Waals surface area contributed by atoms with E-state index < -0.39 is 0 Å². The van der Waals surface area contributed by atoms with Gasteiger partial charge in [-0.05, 0) is 42.7 Å². The standard InChI is InChI=1S/C24H34O.Na.H/c1-2-3-4-5-6-7-8-9-10-12-16-22-17-15-20-24(21-22)25-23-18-13-11-14-19-23;;/h11,13-15,17-21H,2-10,12,16H2,1H3;;/q;+1;-1. The van der Waals surface area contributed by atoms with Crippen LogP contribution < -0.4 is 34.3 Å². The summed E-state index contributed by atoms with van der Waals surface area (Å²) in [5.74, 6) is 1.84. The fraction of sp³-hybridized carbons (Fsp3) is 0.500. The Balaban J connectivity index is 0.00000338. The Morgan fingerprint density at radius 3 is 1.88 bits per heavy atom. The third kappa shape index (κ3) is 10.4. The van der Waals surface area contributed by atoms with Crippen LogP contribution in [0, 0.1) is 0 Å². The topological polar surface area (TPSA) is 9.23 Å². The number of hydrogen-bond donors (Lipinski definition) is 0. The van der Waals surface area contributed by atoms with Crippen molar-refractivity contribution in [3.63, 3.8) is 0 Å². The minimum absolute atomic E-state index is 0. The van der Waals surface area contributed by atoms with Crippen molar-refractivity contribution in [1.29, 1.82) is 0 Å². The molecule has 2 rings (SSSR count). The minimum atomic E-state index is 0. The average molecular weight is 363 g/mol. The second kappa shape index (κ2) is 15.3. The largest absolute Gasteiger partial charge is 1.00 e. The molecule has 0 atom stereocenters. The van der Waals surface area contributed by atoms with E-state index in [0.29, 0.717) is 0 Å². The molecule has 0 saturated heterocycles. The van der Waals surface area contributed by atoms with Crippen molar-refractivity contribution in [3.8, 4) is 11.5 Å². The van der Waals surface area contributed by atoms with Crippen LogP contribution in [0.15, 0.2) is 54.6 Å². The Hall–Kier alpha value is -0.760. The minimum Gasteiger partial charge on any atom is -1.00 e. The first kappa shape index (κ1) is 23.3. The van der Waals surface area contributed by atoms with E-state index in [9.17, 15) is 0 Å². The van der Waals surface area contributed by atoms with Crippen LogP contribution in [0.25, 0.3) is 0 Å². The van der Waals surface area contributed by atoms with Crippen LogP contribution in [0.5, 0.6) is 11.5 Å². The molecule has 0 unspecified atom stereocenters. The van der Waals surface area contributed by atoms with Gasteiger partial charge >= 0.3 is 29.6 Å². The third-order valence-corrected chi connectivity index (χ3v) is 4.70.